The van der Waals surface area contributed by atoms with Crippen LogP contribution in [-0.4, -0.2) is 19.8 Å². The van der Waals surface area contributed by atoms with Gasteiger partial charge in [0, 0.05) is 13.2 Å². The van der Waals surface area contributed by atoms with Crippen molar-refractivity contribution in [1.82, 2.24) is 0 Å². The third-order valence-electron chi connectivity index (χ3n) is 2.16. The normalized spacial score (nSPS) is 12.9. The van der Waals surface area contributed by atoms with Crippen molar-refractivity contribution in [3.8, 4) is 0 Å². The summed E-state index contributed by atoms with van der Waals surface area (Å²) in [5.41, 5.74) is 9.78. The van der Waals surface area contributed by atoms with Gasteiger partial charge in [-0.25, -0.2) is 0 Å². The van der Waals surface area contributed by atoms with Crippen molar-refractivity contribution >= 4 is 0 Å². The summed E-state index contributed by atoms with van der Waals surface area (Å²) in [5.74, 6) is 0. The third-order valence-corrected chi connectivity index (χ3v) is 2.16. The second-order valence-corrected chi connectivity index (χ2v) is 3.92. The van der Waals surface area contributed by atoms with Crippen LogP contribution in [0.25, 0.3) is 0 Å². The molecule has 0 saturated carbocycles. The molecule has 0 aliphatic rings. The van der Waals surface area contributed by atoms with E-state index in [1.54, 1.807) is 7.11 Å². The van der Waals surface area contributed by atoms with Gasteiger partial charge in [-0.3, -0.25) is 0 Å². The van der Waals surface area contributed by atoms with Crippen molar-refractivity contribution in [3.05, 3.63) is 34.9 Å². The van der Waals surface area contributed by atoms with Gasteiger partial charge in [0.2, 0.25) is 0 Å². The Bertz CT molecular complexity index is 276. The molecule has 0 amide bonds. The molecule has 1 aromatic rings. The van der Waals surface area contributed by atoms with E-state index in [9.17, 15) is 0 Å². The lowest BCUT2D eigenvalue weighted by atomic mass is 10.0. The first-order chi connectivity index (χ1) is 6.61. The Hall–Kier alpha value is -0.860. The fourth-order valence-corrected chi connectivity index (χ4v) is 1.76. The maximum atomic E-state index is 5.89. The van der Waals surface area contributed by atoms with Gasteiger partial charge in [-0.2, -0.15) is 0 Å². The Kier molecular flexibility index (Phi) is 4.11. The Morgan fingerprint density at radius 2 is 1.79 bits per heavy atom. The number of aryl methyl sites for hydroxylation is 2. The predicted octanol–water partition coefficient (Wildman–Crippen LogP) is 1.82. The van der Waals surface area contributed by atoms with Crippen LogP contribution in [0, 0.1) is 13.8 Å². The van der Waals surface area contributed by atoms with Crippen LogP contribution in [0.1, 0.15) is 16.7 Å². The van der Waals surface area contributed by atoms with Gasteiger partial charge in [-0.15, -0.1) is 0 Å². The monoisotopic (exact) mass is 193 g/mol. The van der Waals surface area contributed by atoms with E-state index in [0.29, 0.717) is 6.61 Å². The highest BCUT2D eigenvalue weighted by Gasteiger charge is 2.04. The summed E-state index contributed by atoms with van der Waals surface area (Å²) in [6.07, 6.45) is 0.885. The Balaban J connectivity index is 2.66. The van der Waals surface area contributed by atoms with Crippen molar-refractivity contribution in [2.24, 2.45) is 5.73 Å². The molecule has 0 aromatic heterocycles. The maximum absolute atomic E-state index is 5.89. The Labute approximate surface area is 86.1 Å². The largest absolute Gasteiger partial charge is 0.383 e. The molecule has 2 nitrogen and oxygen atoms in total. The summed E-state index contributed by atoms with van der Waals surface area (Å²) in [4.78, 5) is 0. The predicted molar refractivity (Wildman–Crippen MR) is 59.5 cm³/mol. The molecule has 1 rings (SSSR count). The molecular formula is C12H19NO. The first-order valence-electron chi connectivity index (χ1n) is 4.93. The topological polar surface area (TPSA) is 35.2 Å². The highest BCUT2D eigenvalue weighted by molar-refractivity contribution is 5.29. The zero-order chi connectivity index (χ0) is 10.6. The second-order valence-electron chi connectivity index (χ2n) is 3.92. The molecule has 1 atom stereocenters. The Morgan fingerprint density at radius 1 is 1.21 bits per heavy atom. The smallest absolute Gasteiger partial charge is 0.0616 e. The van der Waals surface area contributed by atoms with Crippen LogP contribution < -0.4 is 5.73 Å². The van der Waals surface area contributed by atoms with E-state index < -0.39 is 0 Å². The summed E-state index contributed by atoms with van der Waals surface area (Å²) in [5, 5.41) is 0. The average Bonchev–Trinajstić information content (AvgIpc) is 2.01. The van der Waals surface area contributed by atoms with Crippen LogP contribution >= 0.6 is 0 Å². The summed E-state index contributed by atoms with van der Waals surface area (Å²) < 4.78 is 5.01. The van der Waals surface area contributed by atoms with Crippen LogP contribution in [-0.2, 0) is 11.2 Å². The van der Waals surface area contributed by atoms with Crippen LogP contribution in [0.2, 0.25) is 0 Å². The van der Waals surface area contributed by atoms with Crippen molar-refractivity contribution in [2.75, 3.05) is 13.7 Å². The molecule has 0 aliphatic carbocycles. The Morgan fingerprint density at radius 3 is 2.29 bits per heavy atom. The summed E-state index contributed by atoms with van der Waals surface area (Å²) >= 11 is 0. The highest BCUT2D eigenvalue weighted by atomic mass is 16.5. The molecule has 0 bridgehead atoms. The minimum Gasteiger partial charge on any atom is -0.383 e. The molecule has 1 aromatic carbocycles. The molecule has 0 fully saturated rings. The first kappa shape index (κ1) is 11.2. The third kappa shape index (κ3) is 3.48. The SMILES string of the molecule is COCC(N)Cc1cc(C)cc(C)c1. The number of nitrogens with two attached hydrogens (primary N) is 1. The average molecular weight is 193 g/mol. The minimum absolute atomic E-state index is 0.0983. The van der Waals surface area contributed by atoms with Crippen molar-refractivity contribution in [2.45, 2.75) is 26.3 Å². The van der Waals surface area contributed by atoms with Crippen LogP contribution in [0.15, 0.2) is 18.2 Å². The molecule has 0 saturated heterocycles. The van der Waals surface area contributed by atoms with Crippen molar-refractivity contribution in [1.29, 1.82) is 0 Å². The van der Waals surface area contributed by atoms with E-state index in [1.165, 1.54) is 16.7 Å². The van der Waals surface area contributed by atoms with Gasteiger partial charge in [0.15, 0.2) is 0 Å². The second kappa shape index (κ2) is 5.13. The van der Waals surface area contributed by atoms with E-state index in [4.69, 9.17) is 10.5 Å². The number of rotatable bonds is 4. The quantitative estimate of drug-likeness (QED) is 0.791. The van der Waals surface area contributed by atoms with Gasteiger partial charge in [-0.1, -0.05) is 29.3 Å². The summed E-state index contributed by atoms with van der Waals surface area (Å²) in [6, 6.07) is 6.64. The fraction of sp³-hybridized carbons (Fsp3) is 0.500. The van der Waals surface area contributed by atoms with E-state index in [2.05, 4.69) is 32.0 Å². The van der Waals surface area contributed by atoms with Gasteiger partial charge >= 0.3 is 0 Å². The molecule has 0 aliphatic heterocycles. The summed E-state index contributed by atoms with van der Waals surface area (Å²) in [7, 11) is 1.68. The fourth-order valence-electron chi connectivity index (χ4n) is 1.76. The molecule has 2 N–H and O–H groups in total. The number of methoxy groups -OCH3 is 1. The van der Waals surface area contributed by atoms with E-state index in [1.807, 2.05) is 0 Å². The van der Waals surface area contributed by atoms with Gasteiger partial charge in [0.25, 0.3) is 0 Å². The highest BCUT2D eigenvalue weighted by Crippen LogP contribution is 2.10. The number of hydrogen-bond acceptors (Lipinski definition) is 2. The number of ether oxygens (including phenoxy) is 1. The zero-order valence-corrected chi connectivity index (χ0v) is 9.21. The van der Waals surface area contributed by atoms with E-state index >= 15 is 0 Å². The van der Waals surface area contributed by atoms with Gasteiger partial charge in [-0.05, 0) is 25.8 Å². The van der Waals surface area contributed by atoms with Gasteiger partial charge in [0.1, 0.15) is 0 Å². The van der Waals surface area contributed by atoms with Gasteiger partial charge in [0.05, 0.1) is 6.61 Å². The minimum atomic E-state index is 0.0983. The van der Waals surface area contributed by atoms with E-state index in [-0.39, 0.29) is 6.04 Å². The lowest BCUT2D eigenvalue weighted by Crippen LogP contribution is -2.28. The molecule has 0 heterocycles. The summed E-state index contributed by atoms with van der Waals surface area (Å²) in [6.45, 7) is 4.84. The molecule has 0 radical (unpaired) electrons. The van der Waals surface area contributed by atoms with Crippen molar-refractivity contribution < 1.29 is 4.74 Å². The zero-order valence-electron chi connectivity index (χ0n) is 9.21. The van der Waals surface area contributed by atoms with Crippen molar-refractivity contribution in [3.63, 3.8) is 0 Å². The van der Waals surface area contributed by atoms with Crippen LogP contribution in [0.3, 0.4) is 0 Å². The first-order valence-corrected chi connectivity index (χ1v) is 4.93. The lowest BCUT2D eigenvalue weighted by molar-refractivity contribution is 0.180. The molecular weight excluding hydrogens is 174 g/mol. The number of benzene rings is 1. The molecule has 1 unspecified atom stereocenters. The van der Waals surface area contributed by atoms with E-state index in [0.717, 1.165) is 6.42 Å². The van der Waals surface area contributed by atoms with Crippen LogP contribution in [0.4, 0.5) is 0 Å². The maximum Gasteiger partial charge on any atom is 0.0616 e. The van der Waals surface area contributed by atoms with Gasteiger partial charge < -0.3 is 10.5 Å². The lowest BCUT2D eigenvalue weighted by Gasteiger charge is -2.11. The van der Waals surface area contributed by atoms with Crippen LogP contribution in [0.5, 0.6) is 0 Å². The molecule has 78 valence electrons. The molecule has 2 heteroatoms. The standard InChI is InChI=1S/C12H19NO/c1-9-4-10(2)6-11(5-9)7-12(13)8-14-3/h4-6,12H,7-8,13H2,1-3H3. The molecule has 0 spiro atoms. The number of hydrogen-bond donors (Lipinski definition) is 1. The molecule has 14 heavy (non-hydrogen) atoms.